The number of carbonyl (C=O) groups excluding carboxylic acids is 1. The van der Waals surface area contributed by atoms with Crippen LogP contribution in [0.5, 0.6) is 0 Å². The van der Waals surface area contributed by atoms with E-state index in [4.69, 9.17) is 29.6 Å². The van der Waals surface area contributed by atoms with E-state index in [1.54, 1.807) is 12.1 Å². The molecule has 1 rings (SSSR count). The van der Waals surface area contributed by atoms with Gasteiger partial charge in [0.05, 0.1) is 24.2 Å². The molecule has 1 aromatic carbocycles. The molecule has 0 unspecified atom stereocenters. The standard InChI is InChI=1S/C12H15ClN2O2S/c1-15(6-5-11(16)17-2)10-4-3-8(12(14)18)7-9(10)13/h3-4,7H,5-6H2,1-2H3,(H2,14,18). The molecule has 2 N–H and O–H groups in total. The maximum atomic E-state index is 11.1. The van der Waals surface area contributed by atoms with Gasteiger partial charge in [0.1, 0.15) is 4.99 Å². The molecule has 0 aromatic heterocycles. The number of rotatable bonds is 5. The number of methoxy groups -OCH3 is 1. The lowest BCUT2D eigenvalue weighted by molar-refractivity contribution is -0.140. The maximum Gasteiger partial charge on any atom is 0.307 e. The van der Waals surface area contributed by atoms with Gasteiger partial charge in [-0.15, -0.1) is 0 Å². The molecule has 0 heterocycles. The van der Waals surface area contributed by atoms with Gasteiger partial charge in [0.2, 0.25) is 0 Å². The van der Waals surface area contributed by atoms with Crippen LogP contribution in [0.2, 0.25) is 5.02 Å². The first-order valence-corrected chi connectivity index (χ1v) is 6.11. The Hall–Kier alpha value is -1.33. The predicted molar refractivity (Wildman–Crippen MR) is 77.2 cm³/mol. The van der Waals surface area contributed by atoms with Crippen molar-refractivity contribution < 1.29 is 9.53 Å². The Bertz CT molecular complexity index is 465. The molecule has 1 aromatic rings. The Labute approximate surface area is 117 Å². The first-order chi connectivity index (χ1) is 8.45. The van der Waals surface area contributed by atoms with Gasteiger partial charge in [0, 0.05) is 19.2 Å². The van der Waals surface area contributed by atoms with Crippen LogP contribution in [0.25, 0.3) is 0 Å². The van der Waals surface area contributed by atoms with Crippen LogP contribution in [0.4, 0.5) is 5.69 Å². The van der Waals surface area contributed by atoms with Crippen LogP contribution in [0.1, 0.15) is 12.0 Å². The van der Waals surface area contributed by atoms with Crippen molar-refractivity contribution in [1.29, 1.82) is 0 Å². The van der Waals surface area contributed by atoms with Crippen molar-refractivity contribution in [3.05, 3.63) is 28.8 Å². The highest BCUT2D eigenvalue weighted by molar-refractivity contribution is 7.80. The lowest BCUT2D eigenvalue weighted by atomic mass is 10.2. The maximum absolute atomic E-state index is 11.1. The van der Waals surface area contributed by atoms with Crippen molar-refractivity contribution in [3.63, 3.8) is 0 Å². The van der Waals surface area contributed by atoms with E-state index in [0.717, 1.165) is 11.3 Å². The van der Waals surface area contributed by atoms with Gasteiger partial charge in [-0.25, -0.2) is 0 Å². The van der Waals surface area contributed by atoms with Crippen molar-refractivity contribution in [3.8, 4) is 0 Å². The molecular weight excluding hydrogens is 272 g/mol. The van der Waals surface area contributed by atoms with Crippen molar-refractivity contribution in [2.75, 3.05) is 25.6 Å². The molecule has 98 valence electrons. The number of benzene rings is 1. The average molecular weight is 287 g/mol. The Balaban J connectivity index is 2.77. The number of hydrogen-bond donors (Lipinski definition) is 1. The summed E-state index contributed by atoms with van der Waals surface area (Å²) in [6, 6.07) is 5.35. The summed E-state index contributed by atoms with van der Waals surface area (Å²) in [7, 11) is 3.22. The zero-order chi connectivity index (χ0) is 13.7. The van der Waals surface area contributed by atoms with E-state index >= 15 is 0 Å². The Kier molecular flexibility index (Phi) is 5.37. The van der Waals surface area contributed by atoms with Crippen LogP contribution in [0.15, 0.2) is 18.2 Å². The fraction of sp³-hybridized carbons (Fsp3) is 0.333. The molecule has 0 fully saturated rings. The largest absolute Gasteiger partial charge is 0.469 e. The van der Waals surface area contributed by atoms with Crippen LogP contribution in [-0.2, 0) is 9.53 Å². The van der Waals surface area contributed by atoms with E-state index in [2.05, 4.69) is 4.74 Å². The molecule has 0 saturated carbocycles. The summed E-state index contributed by atoms with van der Waals surface area (Å²) in [5.74, 6) is -0.252. The van der Waals surface area contributed by atoms with Crippen LogP contribution in [-0.4, -0.2) is 31.7 Å². The minimum absolute atomic E-state index is 0.252. The number of anilines is 1. The summed E-state index contributed by atoms with van der Waals surface area (Å²) in [5, 5.41) is 0.549. The smallest absolute Gasteiger partial charge is 0.307 e. The normalized spacial score (nSPS) is 9.94. The predicted octanol–water partition coefficient (Wildman–Crippen LogP) is 1.97. The second kappa shape index (κ2) is 6.56. The highest BCUT2D eigenvalue weighted by Crippen LogP contribution is 2.26. The molecule has 0 aliphatic heterocycles. The number of nitrogens with zero attached hydrogens (tertiary/aromatic N) is 1. The zero-order valence-electron chi connectivity index (χ0n) is 10.3. The third kappa shape index (κ3) is 3.85. The summed E-state index contributed by atoms with van der Waals surface area (Å²) < 4.78 is 4.59. The summed E-state index contributed by atoms with van der Waals surface area (Å²) in [6.45, 7) is 0.527. The number of thiocarbonyl (C=S) groups is 1. The summed E-state index contributed by atoms with van der Waals surface area (Å²) in [5.41, 5.74) is 7.07. The van der Waals surface area contributed by atoms with Crippen molar-refractivity contribution in [1.82, 2.24) is 0 Å². The van der Waals surface area contributed by atoms with E-state index in [1.807, 2.05) is 18.0 Å². The first-order valence-electron chi connectivity index (χ1n) is 5.33. The number of halogens is 1. The third-order valence-corrected chi connectivity index (χ3v) is 3.06. The number of carbonyl (C=O) groups is 1. The first kappa shape index (κ1) is 14.7. The molecule has 18 heavy (non-hydrogen) atoms. The van der Waals surface area contributed by atoms with Gasteiger partial charge in [-0.3, -0.25) is 4.79 Å². The fourth-order valence-electron chi connectivity index (χ4n) is 1.45. The van der Waals surface area contributed by atoms with Crippen molar-refractivity contribution in [2.24, 2.45) is 5.73 Å². The fourth-order valence-corrected chi connectivity index (χ4v) is 1.90. The quantitative estimate of drug-likeness (QED) is 0.662. The minimum Gasteiger partial charge on any atom is -0.469 e. The molecule has 0 atom stereocenters. The second-order valence-corrected chi connectivity index (χ2v) is 4.63. The number of ether oxygens (including phenoxy) is 1. The Morgan fingerprint density at radius 2 is 2.22 bits per heavy atom. The second-order valence-electron chi connectivity index (χ2n) is 3.78. The lowest BCUT2D eigenvalue weighted by Gasteiger charge is -2.20. The van der Waals surface area contributed by atoms with Crippen LogP contribution in [0.3, 0.4) is 0 Å². The number of esters is 1. The molecule has 0 aliphatic rings. The van der Waals surface area contributed by atoms with E-state index < -0.39 is 0 Å². The van der Waals surface area contributed by atoms with Crippen molar-refractivity contribution in [2.45, 2.75) is 6.42 Å². The van der Waals surface area contributed by atoms with E-state index in [0.29, 0.717) is 23.0 Å². The molecule has 0 bridgehead atoms. The molecule has 0 amide bonds. The molecule has 0 aliphatic carbocycles. The highest BCUT2D eigenvalue weighted by atomic mass is 35.5. The topological polar surface area (TPSA) is 55.6 Å². The lowest BCUT2D eigenvalue weighted by Crippen LogP contribution is -2.22. The van der Waals surface area contributed by atoms with Gasteiger partial charge in [0.15, 0.2) is 0 Å². The summed E-state index contributed by atoms with van der Waals surface area (Å²) in [4.78, 5) is 13.2. The zero-order valence-corrected chi connectivity index (χ0v) is 11.8. The van der Waals surface area contributed by atoms with Gasteiger partial charge in [-0.05, 0) is 18.2 Å². The molecule has 4 nitrogen and oxygen atoms in total. The van der Waals surface area contributed by atoms with Gasteiger partial charge in [-0.1, -0.05) is 23.8 Å². The molecule has 0 radical (unpaired) electrons. The minimum atomic E-state index is -0.252. The van der Waals surface area contributed by atoms with Crippen molar-refractivity contribution >= 4 is 40.5 Å². The summed E-state index contributed by atoms with van der Waals surface area (Å²) in [6.07, 6.45) is 0.306. The summed E-state index contributed by atoms with van der Waals surface area (Å²) >= 11 is 11.0. The van der Waals surface area contributed by atoms with Gasteiger partial charge >= 0.3 is 5.97 Å². The SMILES string of the molecule is COC(=O)CCN(C)c1ccc(C(N)=S)cc1Cl. The van der Waals surface area contributed by atoms with Crippen LogP contribution >= 0.6 is 23.8 Å². The molecule has 6 heteroatoms. The van der Waals surface area contributed by atoms with E-state index in [9.17, 15) is 4.79 Å². The Morgan fingerprint density at radius 1 is 1.56 bits per heavy atom. The number of hydrogen-bond acceptors (Lipinski definition) is 4. The molecule has 0 saturated heterocycles. The average Bonchev–Trinajstić information content (AvgIpc) is 2.35. The van der Waals surface area contributed by atoms with Gasteiger partial charge in [-0.2, -0.15) is 0 Å². The van der Waals surface area contributed by atoms with E-state index in [-0.39, 0.29) is 5.97 Å². The third-order valence-electron chi connectivity index (χ3n) is 2.52. The Morgan fingerprint density at radius 3 is 2.72 bits per heavy atom. The van der Waals surface area contributed by atoms with E-state index in [1.165, 1.54) is 7.11 Å². The molecule has 0 spiro atoms. The number of nitrogens with two attached hydrogens (primary N) is 1. The van der Waals surface area contributed by atoms with Gasteiger partial charge in [0.25, 0.3) is 0 Å². The molecular formula is C12H15ClN2O2S. The van der Waals surface area contributed by atoms with Crippen LogP contribution < -0.4 is 10.6 Å². The highest BCUT2D eigenvalue weighted by Gasteiger charge is 2.10. The van der Waals surface area contributed by atoms with Gasteiger partial charge < -0.3 is 15.4 Å². The van der Waals surface area contributed by atoms with Crippen LogP contribution in [0, 0.1) is 0 Å². The monoisotopic (exact) mass is 286 g/mol.